The minimum atomic E-state index is -1.91. The fraction of sp³-hybridized carbons (Fsp3) is 0.333. The summed E-state index contributed by atoms with van der Waals surface area (Å²) in [5.74, 6) is 0. The number of furan rings is 1. The van der Waals surface area contributed by atoms with E-state index >= 15 is 0 Å². The van der Waals surface area contributed by atoms with E-state index in [0.29, 0.717) is 33.7 Å². The third-order valence-corrected chi connectivity index (χ3v) is 5.34. The summed E-state index contributed by atoms with van der Waals surface area (Å²) in [5, 5.41) is 11.3. The second-order valence-electron chi connectivity index (χ2n) is 9.03. The maximum absolute atomic E-state index is 9.75. The molecule has 152 valence electrons. The molecule has 0 aliphatic rings. The standard InChI is InChI=1S/C27H29N2O/c1-16-10-20(15-28)25-21-9-8-17(2)24(26(21)30-23(25)11-16)22-13-19(14-27(4,5)6)12-18(3)29(22)7/h8-13H,14H2,1-7H3/q+1/i12D,13D,14D2. The Morgan fingerprint density at radius 3 is 2.57 bits per heavy atom. The third-order valence-electron chi connectivity index (χ3n) is 5.34. The fourth-order valence-corrected chi connectivity index (χ4v) is 3.92. The van der Waals surface area contributed by atoms with Gasteiger partial charge in [-0.2, -0.15) is 9.83 Å². The van der Waals surface area contributed by atoms with Crippen molar-refractivity contribution in [1.29, 1.82) is 5.26 Å². The molecule has 3 nitrogen and oxygen atoms in total. The molecule has 2 aromatic heterocycles. The van der Waals surface area contributed by atoms with Gasteiger partial charge in [0.05, 0.1) is 19.9 Å². The Bertz CT molecular complexity index is 1540. The SMILES string of the molecule is [2H]c1c(C([2H])([2H])C(C)(C)C)c([2H])c(-c2c(C)ccc3c2oc2cc(C)cc(C#N)c23)[n+](C)c1C. The van der Waals surface area contributed by atoms with Crippen molar-refractivity contribution in [3.8, 4) is 17.3 Å². The fourth-order valence-electron chi connectivity index (χ4n) is 3.92. The van der Waals surface area contributed by atoms with Crippen LogP contribution in [0.25, 0.3) is 33.2 Å². The summed E-state index contributed by atoms with van der Waals surface area (Å²) < 4.78 is 43.7. The highest BCUT2D eigenvalue weighted by molar-refractivity contribution is 6.12. The number of benzene rings is 2. The Morgan fingerprint density at radius 1 is 1.17 bits per heavy atom. The first-order valence-corrected chi connectivity index (χ1v) is 10.1. The summed E-state index contributed by atoms with van der Waals surface area (Å²) in [4.78, 5) is 0. The molecule has 4 aromatic rings. The van der Waals surface area contributed by atoms with E-state index in [0.717, 1.165) is 21.9 Å². The molecule has 0 amide bonds. The Labute approximate surface area is 184 Å². The van der Waals surface area contributed by atoms with Crippen LogP contribution in [0, 0.1) is 37.5 Å². The molecule has 0 bridgehead atoms. The largest absolute Gasteiger partial charge is 0.455 e. The predicted molar refractivity (Wildman–Crippen MR) is 122 cm³/mol. The van der Waals surface area contributed by atoms with Crippen LogP contribution in [-0.4, -0.2) is 0 Å². The summed E-state index contributed by atoms with van der Waals surface area (Å²) in [5.41, 5.74) is 4.47. The zero-order valence-electron chi connectivity index (χ0n) is 22.6. The van der Waals surface area contributed by atoms with Crippen LogP contribution in [0.5, 0.6) is 0 Å². The average molecular weight is 402 g/mol. The third kappa shape index (κ3) is 3.37. The highest BCUT2D eigenvalue weighted by Crippen LogP contribution is 2.39. The van der Waals surface area contributed by atoms with Gasteiger partial charge < -0.3 is 4.42 Å². The van der Waals surface area contributed by atoms with Crippen LogP contribution in [0.15, 0.2) is 40.8 Å². The van der Waals surface area contributed by atoms with Gasteiger partial charge in [-0.25, -0.2) is 0 Å². The van der Waals surface area contributed by atoms with Crippen LogP contribution >= 0.6 is 0 Å². The van der Waals surface area contributed by atoms with Gasteiger partial charge in [-0.15, -0.1) is 0 Å². The first-order valence-electron chi connectivity index (χ1n) is 12.1. The van der Waals surface area contributed by atoms with Gasteiger partial charge in [0.25, 0.3) is 0 Å². The van der Waals surface area contributed by atoms with Gasteiger partial charge in [-0.1, -0.05) is 32.9 Å². The molecule has 4 rings (SSSR count). The lowest BCUT2D eigenvalue weighted by Gasteiger charge is -2.18. The van der Waals surface area contributed by atoms with Crippen LogP contribution in [0.1, 0.15) is 54.2 Å². The zero-order chi connectivity index (χ0) is 25.3. The number of aromatic nitrogens is 1. The summed E-state index contributed by atoms with van der Waals surface area (Å²) in [6, 6.07) is 9.89. The van der Waals surface area contributed by atoms with E-state index in [-0.39, 0.29) is 17.6 Å². The van der Waals surface area contributed by atoms with Gasteiger partial charge in [0.2, 0.25) is 5.69 Å². The molecular weight excluding hydrogens is 368 g/mol. The molecule has 0 fully saturated rings. The summed E-state index contributed by atoms with van der Waals surface area (Å²) in [7, 11) is 1.79. The lowest BCUT2D eigenvalue weighted by atomic mass is 9.87. The monoisotopic (exact) mass is 401 g/mol. The molecule has 0 aliphatic heterocycles. The van der Waals surface area contributed by atoms with Crippen molar-refractivity contribution in [2.75, 3.05) is 0 Å². The number of nitriles is 1. The normalized spacial score (nSPS) is 14.3. The molecule has 0 saturated heterocycles. The first-order chi connectivity index (χ1) is 15.7. The number of fused-ring (bicyclic) bond motifs is 3. The number of nitrogens with zero attached hydrogens (tertiary/aromatic N) is 2. The average Bonchev–Trinajstić information content (AvgIpc) is 3.10. The summed E-state index contributed by atoms with van der Waals surface area (Å²) >= 11 is 0. The molecule has 0 spiro atoms. The minimum absolute atomic E-state index is 0.0224. The van der Waals surface area contributed by atoms with Crippen molar-refractivity contribution in [1.82, 2.24) is 0 Å². The molecule has 0 radical (unpaired) electrons. The maximum Gasteiger partial charge on any atom is 0.216 e. The van der Waals surface area contributed by atoms with Gasteiger partial charge in [0.15, 0.2) is 5.69 Å². The van der Waals surface area contributed by atoms with Crippen LogP contribution < -0.4 is 4.57 Å². The molecular formula is C27H29N2O+. The minimum Gasteiger partial charge on any atom is -0.455 e. The maximum atomic E-state index is 9.75. The molecule has 0 atom stereocenters. The number of pyridine rings is 1. The Balaban J connectivity index is 2.21. The van der Waals surface area contributed by atoms with Crippen LogP contribution in [-0.2, 0) is 13.4 Å². The number of hydrogen-bond acceptors (Lipinski definition) is 2. The van der Waals surface area contributed by atoms with Crippen molar-refractivity contribution in [2.45, 2.75) is 47.9 Å². The number of aryl methyl sites for hydroxylation is 2. The molecule has 0 aliphatic carbocycles. The number of hydrogen-bond donors (Lipinski definition) is 0. The van der Waals surface area contributed by atoms with E-state index in [1.807, 2.05) is 38.1 Å². The van der Waals surface area contributed by atoms with Gasteiger partial charge >= 0.3 is 0 Å². The molecule has 0 unspecified atom stereocenters. The first kappa shape index (κ1) is 15.7. The molecule has 3 heteroatoms. The predicted octanol–water partition coefficient (Wildman–Crippen LogP) is 6.46. The quantitative estimate of drug-likeness (QED) is 0.362. The molecule has 0 N–H and O–H groups in total. The summed E-state index contributed by atoms with van der Waals surface area (Å²) in [6.07, 6.45) is -1.91. The van der Waals surface area contributed by atoms with E-state index in [9.17, 15) is 5.26 Å². The Morgan fingerprint density at radius 2 is 1.90 bits per heavy atom. The molecule has 0 saturated carbocycles. The van der Waals surface area contributed by atoms with Gasteiger partial charge in [0, 0.05) is 32.5 Å². The molecule has 2 heterocycles. The van der Waals surface area contributed by atoms with Crippen molar-refractivity contribution in [2.24, 2.45) is 12.5 Å². The van der Waals surface area contributed by atoms with E-state index in [4.69, 9.17) is 9.90 Å². The number of rotatable bonds is 2. The Hall–Kier alpha value is -3.12. The van der Waals surface area contributed by atoms with Crippen LogP contribution in [0.3, 0.4) is 0 Å². The van der Waals surface area contributed by atoms with Gasteiger partial charge in [-0.05, 0) is 54.5 Å². The van der Waals surface area contributed by atoms with Gasteiger partial charge in [-0.3, -0.25) is 0 Å². The van der Waals surface area contributed by atoms with Crippen LogP contribution in [0.4, 0.5) is 0 Å². The highest BCUT2D eigenvalue weighted by Gasteiger charge is 2.24. The van der Waals surface area contributed by atoms with Crippen molar-refractivity contribution < 1.29 is 14.5 Å². The summed E-state index contributed by atoms with van der Waals surface area (Å²) in [6.45, 7) is 11.0. The van der Waals surface area contributed by atoms with Crippen molar-refractivity contribution >= 4 is 21.9 Å². The van der Waals surface area contributed by atoms with Crippen molar-refractivity contribution in [3.63, 3.8) is 0 Å². The van der Waals surface area contributed by atoms with E-state index in [1.165, 1.54) is 0 Å². The van der Waals surface area contributed by atoms with E-state index in [1.54, 1.807) is 39.3 Å². The van der Waals surface area contributed by atoms with Crippen LogP contribution in [0.2, 0.25) is 0 Å². The smallest absolute Gasteiger partial charge is 0.216 e. The lowest BCUT2D eigenvalue weighted by Crippen LogP contribution is -2.35. The second-order valence-corrected chi connectivity index (χ2v) is 9.03. The molecule has 2 aromatic carbocycles. The van der Waals surface area contributed by atoms with Crippen molar-refractivity contribution in [3.05, 3.63) is 64.3 Å². The Kier molecular flexibility index (Phi) is 3.65. The molecule has 30 heavy (non-hydrogen) atoms. The van der Waals surface area contributed by atoms with E-state index < -0.39 is 11.8 Å². The zero-order valence-corrected chi connectivity index (χ0v) is 18.6. The van der Waals surface area contributed by atoms with Gasteiger partial charge in [0.1, 0.15) is 18.2 Å². The second kappa shape index (κ2) is 6.99. The lowest BCUT2D eigenvalue weighted by molar-refractivity contribution is -0.666. The topological polar surface area (TPSA) is 40.8 Å². The highest BCUT2D eigenvalue weighted by atomic mass is 16.3. The van der Waals surface area contributed by atoms with E-state index in [2.05, 4.69) is 6.07 Å².